The Balaban J connectivity index is 1.64. The first-order valence-electron chi connectivity index (χ1n) is 11.6. The zero-order valence-electron chi connectivity index (χ0n) is 19.8. The molecule has 9 heteroatoms. The van der Waals surface area contributed by atoms with E-state index in [0.29, 0.717) is 24.5 Å². The van der Waals surface area contributed by atoms with Crippen molar-refractivity contribution in [3.8, 4) is 0 Å². The van der Waals surface area contributed by atoms with Gasteiger partial charge in [-0.25, -0.2) is 8.42 Å². The summed E-state index contributed by atoms with van der Waals surface area (Å²) in [6.45, 7) is 6.77. The van der Waals surface area contributed by atoms with Gasteiger partial charge in [0.15, 0.2) is 0 Å². The summed E-state index contributed by atoms with van der Waals surface area (Å²) in [5.41, 5.74) is 3.34. The number of anilines is 2. The Kier molecular flexibility index (Phi) is 7.35. The van der Waals surface area contributed by atoms with Crippen molar-refractivity contribution in [1.82, 2.24) is 4.31 Å². The summed E-state index contributed by atoms with van der Waals surface area (Å²) >= 11 is 1.53. The molecule has 0 saturated carbocycles. The molecule has 0 aromatic heterocycles. The summed E-state index contributed by atoms with van der Waals surface area (Å²) in [4.78, 5) is 28.4. The van der Waals surface area contributed by atoms with Crippen LogP contribution < -0.4 is 10.2 Å². The largest absolute Gasteiger partial charge is 0.325 e. The lowest BCUT2D eigenvalue weighted by Gasteiger charge is -2.27. The molecule has 1 atom stereocenters. The van der Waals surface area contributed by atoms with Gasteiger partial charge in [-0.15, -0.1) is 11.8 Å². The lowest BCUT2D eigenvalue weighted by Crippen LogP contribution is -2.39. The SMILES string of the molecule is Cc1ccc(NC(=O)CN2C(=O)C[C@H](C)Sc3ccc(S(=O)(=O)N4CCCCC4)cc32)cc1C. The Morgan fingerprint density at radius 2 is 1.79 bits per heavy atom. The van der Waals surface area contributed by atoms with Crippen LogP contribution in [0.5, 0.6) is 0 Å². The van der Waals surface area contributed by atoms with Crippen LogP contribution in [0.3, 0.4) is 0 Å². The van der Waals surface area contributed by atoms with Crippen LogP contribution in [-0.4, -0.2) is 49.4 Å². The molecule has 2 aliphatic heterocycles. The molecule has 0 aliphatic carbocycles. The molecule has 0 radical (unpaired) electrons. The number of hydrogen-bond donors (Lipinski definition) is 1. The number of fused-ring (bicyclic) bond motifs is 1. The van der Waals surface area contributed by atoms with Gasteiger partial charge in [-0.05, 0) is 68.1 Å². The van der Waals surface area contributed by atoms with E-state index in [0.717, 1.165) is 35.3 Å². The van der Waals surface area contributed by atoms with E-state index in [1.807, 2.05) is 39.0 Å². The highest BCUT2D eigenvalue weighted by atomic mass is 32.2. The number of nitrogens with zero attached hydrogens (tertiary/aromatic N) is 2. The van der Waals surface area contributed by atoms with E-state index in [1.165, 1.54) is 21.0 Å². The summed E-state index contributed by atoms with van der Waals surface area (Å²) in [5, 5.41) is 2.89. The average molecular weight is 502 g/mol. The first kappa shape index (κ1) is 24.8. The number of aryl methyl sites for hydroxylation is 2. The van der Waals surface area contributed by atoms with Gasteiger partial charge in [0.05, 0.1) is 10.6 Å². The number of carbonyl (C=O) groups is 2. The number of piperidine rings is 1. The van der Waals surface area contributed by atoms with Crippen LogP contribution in [-0.2, 0) is 19.6 Å². The number of rotatable bonds is 5. The normalized spacial score (nSPS) is 19.4. The van der Waals surface area contributed by atoms with E-state index in [-0.39, 0.29) is 34.9 Å². The zero-order valence-corrected chi connectivity index (χ0v) is 21.5. The third-order valence-corrected chi connectivity index (χ3v) is 9.42. The van der Waals surface area contributed by atoms with Crippen LogP contribution >= 0.6 is 11.8 Å². The van der Waals surface area contributed by atoms with Gasteiger partial charge in [0.2, 0.25) is 21.8 Å². The van der Waals surface area contributed by atoms with E-state index in [1.54, 1.807) is 18.2 Å². The van der Waals surface area contributed by atoms with Crippen molar-refractivity contribution in [2.45, 2.75) is 61.5 Å². The molecule has 7 nitrogen and oxygen atoms in total. The molecule has 0 unspecified atom stereocenters. The fourth-order valence-electron chi connectivity index (χ4n) is 4.31. The van der Waals surface area contributed by atoms with Crippen molar-refractivity contribution >= 4 is 45.0 Å². The molecule has 1 fully saturated rings. The van der Waals surface area contributed by atoms with Crippen molar-refractivity contribution in [2.75, 3.05) is 29.9 Å². The van der Waals surface area contributed by atoms with Crippen molar-refractivity contribution in [1.29, 1.82) is 0 Å². The van der Waals surface area contributed by atoms with Crippen LogP contribution in [0.2, 0.25) is 0 Å². The summed E-state index contributed by atoms with van der Waals surface area (Å²) < 4.78 is 28.1. The Morgan fingerprint density at radius 3 is 2.50 bits per heavy atom. The van der Waals surface area contributed by atoms with Gasteiger partial charge in [0, 0.05) is 35.3 Å². The third-order valence-electron chi connectivity index (χ3n) is 6.36. The monoisotopic (exact) mass is 501 g/mol. The number of nitrogens with one attached hydrogen (secondary N) is 1. The van der Waals surface area contributed by atoms with Gasteiger partial charge in [-0.1, -0.05) is 19.4 Å². The second-order valence-corrected chi connectivity index (χ2v) is 12.5. The first-order valence-corrected chi connectivity index (χ1v) is 14.0. The molecule has 4 rings (SSSR count). The predicted octanol–water partition coefficient (Wildman–Crippen LogP) is 4.33. The summed E-state index contributed by atoms with van der Waals surface area (Å²) in [6.07, 6.45) is 2.99. The molecule has 1 saturated heterocycles. The third kappa shape index (κ3) is 5.31. The number of amides is 2. The van der Waals surface area contributed by atoms with Crippen LogP contribution in [0.25, 0.3) is 0 Å². The van der Waals surface area contributed by atoms with Crippen molar-refractivity contribution in [3.05, 3.63) is 47.5 Å². The minimum absolute atomic E-state index is 0.0172. The highest BCUT2D eigenvalue weighted by molar-refractivity contribution is 8.00. The number of sulfonamides is 1. The highest BCUT2D eigenvalue weighted by Crippen LogP contribution is 2.39. The molecule has 34 heavy (non-hydrogen) atoms. The molecule has 1 N–H and O–H groups in total. The number of thioether (sulfide) groups is 1. The van der Waals surface area contributed by atoms with Crippen LogP contribution in [0, 0.1) is 13.8 Å². The van der Waals surface area contributed by atoms with Gasteiger partial charge in [-0.2, -0.15) is 4.31 Å². The fourth-order valence-corrected chi connectivity index (χ4v) is 6.94. The van der Waals surface area contributed by atoms with E-state index in [9.17, 15) is 18.0 Å². The van der Waals surface area contributed by atoms with Gasteiger partial charge < -0.3 is 10.2 Å². The molecular formula is C25H31N3O4S2. The smallest absolute Gasteiger partial charge is 0.244 e. The summed E-state index contributed by atoms with van der Waals surface area (Å²) in [5.74, 6) is -0.520. The van der Waals surface area contributed by atoms with Gasteiger partial charge in [0.25, 0.3) is 0 Å². The van der Waals surface area contributed by atoms with Crippen LogP contribution in [0.4, 0.5) is 11.4 Å². The molecule has 2 aromatic rings. The van der Waals surface area contributed by atoms with Gasteiger partial charge in [-0.3, -0.25) is 9.59 Å². The molecule has 0 spiro atoms. The van der Waals surface area contributed by atoms with Crippen molar-refractivity contribution in [2.24, 2.45) is 0 Å². The molecular weight excluding hydrogens is 470 g/mol. The van der Waals surface area contributed by atoms with E-state index >= 15 is 0 Å². The van der Waals surface area contributed by atoms with Gasteiger partial charge >= 0.3 is 0 Å². The van der Waals surface area contributed by atoms with Gasteiger partial charge in [0.1, 0.15) is 6.54 Å². The Morgan fingerprint density at radius 1 is 1.06 bits per heavy atom. The second-order valence-electron chi connectivity index (χ2n) is 9.05. The second kappa shape index (κ2) is 10.1. The molecule has 2 aromatic carbocycles. The quantitative estimate of drug-likeness (QED) is 0.659. The average Bonchev–Trinajstić information content (AvgIpc) is 2.91. The highest BCUT2D eigenvalue weighted by Gasteiger charge is 2.31. The van der Waals surface area contributed by atoms with Crippen molar-refractivity contribution in [3.63, 3.8) is 0 Å². The topological polar surface area (TPSA) is 86.8 Å². The number of benzene rings is 2. The lowest BCUT2D eigenvalue weighted by molar-refractivity contribution is -0.121. The Labute approximate surface area is 205 Å². The number of carbonyl (C=O) groups excluding carboxylic acids is 2. The predicted molar refractivity (Wildman–Crippen MR) is 136 cm³/mol. The van der Waals surface area contributed by atoms with E-state index in [2.05, 4.69) is 5.32 Å². The molecule has 2 amide bonds. The maximum absolute atomic E-state index is 13.3. The molecule has 182 valence electrons. The minimum atomic E-state index is -3.66. The molecule has 2 aliphatic rings. The first-order chi connectivity index (χ1) is 16.1. The van der Waals surface area contributed by atoms with Crippen LogP contribution in [0.1, 0.15) is 43.7 Å². The summed E-state index contributed by atoms with van der Waals surface area (Å²) in [7, 11) is -3.66. The molecule has 2 heterocycles. The van der Waals surface area contributed by atoms with E-state index in [4.69, 9.17) is 0 Å². The summed E-state index contributed by atoms with van der Waals surface area (Å²) in [6, 6.07) is 10.6. The standard InChI is InChI=1S/C25H31N3O4S2/c1-17-7-8-20(13-18(17)2)26-24(29)16-28-22-15-21(34(31,32)27-11-5-4-6-12-27)9-10-23(22)33-19(3)14-25(28)30/h7-10,13,15,19H,4-6,11-12,14,16H2,1-3H3,(H,26,29)/t19-/m0/s1. The van der Waals surface area contributed by atoms with Crippen LogP contribution in [0.15, 0.2) is 46.2 Å². The Bertz CT molecular complexity index is 1210. The van der Waals surface area contributed by atoms with E-state index < -0.39 is 10.0 Å². The maximum atomic E-state index is 13.3. The number of hydrogen-bond acceptors (Lipinski definition) is 5. The zero-order chi connectivity index (χ0) is 24.5. The maximum Gasteiger partial charge on any atom is 0.244 e. The lowest BCUT2D eigenvalue weighted by atomic mass is 10.1. The molecule has 0 bridgehead atoms. The van der Waals surface area contributed by atoms with Crippen molar-refractivity contribution < 1.29 is 18.0 Å². The minimum Gasteiger partial charge on any atom is -0.325 e. The Hall–Kier alpha value is -2.36. The fraction of sp³-hybridized carbons (Fsp3) is 0.440.